The number of nitrogens with zero attached hydrogens (tertiary/aromatic N) is 3. The van der Waals surface area contributed by atoms with Gasteiger partial charge in [0, 0.05) is 12.3 Å². The average Bonchev–Trinajstić information content (AvgIpc) is 3.38. The van der Waals surface area contributed by atoms with Gasteiger partial charge in [0.1, 0.15) is 6.10 Å². The van der Waals surface area contributed by atoms with E-state index < -0.39 is 56.4 Å². The van der Waals surface area contributed by atoms with Gasteiger partial charge in [0.15, 0.2) is 18.4 Å². The van der Waals surface area contributed by atoms with E-state index in [9.17, 15) is 24.1 Å². The van der Waals surface area contributed by atoms with E-state index in [0.717, 1.165) is 10.6 Å². The maximum atomic E-state index is 13.4. The predicted octanol–water partition coefficient (Wildman–Crippen LogP) is 3.57. The van der Waals surface area contributed by atoms with E-state index in [1.165, 1.54) is 36.5 Å². The molecular weight excluding hydrogens is 607 g/mol. The van der Waals surface area contributed by atoms with Crippen LogP contribution in [0.15, 0.2) is 83.8 Å². The van der Waals surface area contributed by atoms with Crippen LogP contribution in [-0.4, -0.2) is 59.7 Å². The molecule has 0 aliphatic carbocycles. The Balaban J connectivity index is 1.63. The van der Waals surface area contributed by atoms with Crippen LogP contribution in [0.4, 0.5) is 5.69 Å². The molecule has 2 aromatic carbocycles. The van der Waals surface area contributed by atoms with Crippen molar-refractivity contribution in [3.05, 3.63) is 100 Å². The maximum absolute atomic E-state index is 13.4. The number of ether oxygens (including phenoxy) is 3. The Labute approximate surface area is 257 Å². The van der Waals surface area contributed by atoms with Crippen LogP contribution in [0.5, 0.6) is 0 Å². The fraction of sp³-hybridized carbons (Fsp3) is 0.300. The molecule has 14 nitrogen and oxygen atoms in total. The van der Waals surface area contributed by atoms with Crippen molar-refractivity contribution in [2.45, 2.75) is 37.4 Å². The highest BCUT2D eigenvalue weighted by Crippen LogP contribution is 2.48. The molecule has 234 valence electrons. The van der Waals surface area contributed by atoms with E-state index >= 15 is 0 Å². The number of benzene rings is 2. The van der Waals surface area contributed by atoms with E-state index in [-0.39, 0.29) is 42.9 Å². The second kappa shape index (κ2) is 15.8. The molecule has 1 aliphatic heterocycles. The summed E-state index contributed by atoms with van der Waals surface area (Å²) >= 11 is 0. The molecule has 1 aliphatic rings. The summed E-state index contributed by atoms with van der Waals surface area (Å²) in [5.41, 5.74) is -0.322. The SMILES string of the molecule is N#CCCOP(=O)(Nc1ccn([C@@H]2O[C@H](CO)[C@@H](OC(=O)c3ccccc3)[C@H]2OC(=O)c2ccccc2)c(=O)c1)OCCC#N. The standard InChI is InChI=1S/C30H29N4O10P/c31-14-7-17-40-45(39,41-18-8-15-32)33-23-13-16-34(25(36)19-23)28-27(44-30(38)22-11-5-2-6-12-22)26(24(20-35)42-28)43-29(37)21-9-3-1-4-10-21/h1-6,9-13,16,19,24,26-28,35H,7-8,17-18,20H2,(H,33,39)/t24-,26-,27-,28-/m1/s1. The highest BCUT2D eigenvalue weighted by molar-refractivity contribution is 7.55. The van der Waals surface area contributed by atoms with Gasteiger partial charge in [-0.2, -0.15) is 10.5 Å². The molecule has 0 spiro atoms. The lowest BCUT2D eigenvalue weighted by molar-refractivity contribution is -0.0598. The molecule has 2 N–H and O–H groups in total. The first-order valence-electron chi connectivity index (χ1n) is 13.7. The van der Waals surface area contributed by atoms with Crippen LogP contribution in [0.2, 0.25) is 0 Å². The zero-order chi connectivity index (χ0) is 32.2. The van der Waals surface area contributed by atoms with Crippen molar-refractivity contribution in [2.75, 3.05) is 24.9 Å². The van der Waals surface area contributed by atoms with Crippen molar-refractivity contribution in [1.82, 2.24) is 4.57 Å². The number of anilines is 1. The summed E-state index contributed by atoms with van der Waals surface area (Å²) in [6, 6.07) is 22.1. The van der Waals surface area contributed by atoms with Gasteiger partial charge in [-0.25, -0.2) is 14.2 Å². The molecule has 1 saturated heterocycles. The van der Waals surface area contributed by atoms with Gasteiger partial charge in [-0.05, 0) is 30.3 Å². The highest BCUT2D eigenvalue weighted by atomic mass is 31.2. The lowest BCUT2D eigenvalue weighted by Gasteiger charge is -2.25. The van der Waals surface area contributed by atoms with Gasteiger partial charge in [0.25, 0.3) is 5.56 Å². The van der Waals surface area contributed by atoms with Gasteiger partial charge in [0.05, 0.1) is 61.6 Å². The third kappa shape index (κ3) is 8.64. The molecule has 0 unspecified atom stereocenters. The summed E-state index contributed by atoms with van der Waals surface area (Å²) in [6.45, 7) is -1.11. The van der Waals surface area contributed by atoms with Crippen LogP contribution in [-0.2, 0) is 27.8 Å². The Morgan fingerprint density at radius 2 is 1.42 bits per heavy atom. The number of hydrogen-bond donors (Lipinski definition) is 2. The minimum absolute atomic E-state index is 0.00934. The topological polar surface area (TPSA) is 199 Å². The number of nitrogens with one attached hydrogen (secondary N) is 1. The van der Waals surface area contributed by atoms with Crippen molar-refractivity contribution in [3.8, 4) is 12.1 Å². The number of aliphatic hydroxyl groups is 1. The number of carbonyl (C=O) groups is 2. The van der Waals surface area contributed by atoms with Crippen molar-refractivity contribution in [2.24, 2.45) is 0 Å². The van der Waals surface area contributed by atoms with Gasteiger partial charge in [-0.1, -0.05) is 36.4 Å². The maximum Gasteiger partial charge on any atom is 0.432 e. The minimum Gasteiger partial charge on any atom is -0.452 e. The van der Waals surface area contributed by atoms with Crippen molar-refractivity contribution in [3.63, 3.8) is 0 Å². The second-order valence-corrected chi connectivity index (χ2v) is 11.2. The molecule has 0 bridgehead atoms. The van der Waals surface area contributed by atoms with Crippen molar-refractivity contribution in [1.29, 1.82) is 10.5 Å². The molecule has 15 heteroatoms. The molecule has 4 rings (SSSR count). The Morgan fingerprint density at radius 3 is 1.91 bits per heavy atom. The normalized spacial score (nSPS) is 19.2. The van der Waals surface area contributed by atoms with E-state index in [1.54, 1.807) is 36.4 Å². The van der Waals surface area contributed by atoms with Crippen LogP contribution >= 0.6 is 7.75 Å². The van der Waals surface area contributed by atoms with Crippen molar-refractivity contribution < 1.29 is 42.5 Å². The predicted molar refractivity (Wildman–Crippen MR) is 157 cm³/mol. The quantitative estimate of drug-likeness (QED) is 0.148. The van der Waals surface area contributed by atoms with E-state index in [4.69, 9.17) is 33.8 Å². The Bertz CT molecular complexity index is 1630. The fourth-order valence-electron chi connectivity index (χ4n) is 4.33. The summed E-state index contributed by atoms with van der Waals surface area (Å²) in [6.07, 6.45) is -4.14. The Hall–Kier alpha value is -4.82. The zero-order valence-electron chi connectivity index (χ0n) is 23.8. The van der Waals surface area contributed by atoms with Crippen molar-refractivity contribution >= 4 is 25.4 Å². The number of esters is 2. The van der Waals surface area contributed by atoms with E-state index in [1.807, 2.05) is 12.1 Å². The molecular formula is C30H29N4O10P. The molecule has 0 radical (unpaired) electrons. The monoisotopic (exact) mass is 636 g/mol. The summed E-state index contributed by atoms with van der Waals surface area (Å²) < 4.78 is 42.1. The van der Waals surface area contributed by atoms with Gasteiger partial charge < -0.3 is 19.3 Å². The van der Waals surface area contributed by atoms with Gasteiger partial charge in [-0.15, -0.1) is 0 Å². The molecule has 1 fully saturated rings. The number of aromatic nitrogens is 1. The van der Waals surface area contributed by atoms with E-state index in [2.05, 4.69) is 5.09 Å². The summed E-state index contributed by atoms with van der Waals surface area (Å²) in [5, 5.41) is 30.2. The first kappa shape index (κ1) is 33.1. The molecule has 3 aromatic rings. The first-order chi connectivity index (χ1) is 21.8. The summed E-state index contributed by atoms with van der Waals surface area (Å²) in [7, 11) is -4.09. The number of pyridine rings is 1. The summed E-state index contributed by atoms with van der Waals surface area (Å²) in [4.78, 5) is 39.4. The fourth-order valence-corrected chi connectivity index (χ4v) is 5.65. The molecule has 0 saturated carbocycles. The average molecular weight is 637 g/mol. The van der Waals surface area contributed by atoms with E-state index in [0.29, 0.717) is 0 Å². The molecule has 45 heavy (non-hydrogen) atoms. The minimum atomic E-state index is -4.09. The van der Waals surface area contributed by atoms with Crippen LogP contribution in [0.1, 0.15) is 39.8 Å². The van der Waals surface area contributed by atoms with Gasteiger partial charge in [0.2, 0.25) is 0 Å². The number of nitriles is 2. The largest absolute Gasteiger partial charge is 0.452 e. The lowest BCUT2D eigenvalue weighted by Crippen LogP contribution is -2.41. The smallest absolute Gasteiger partial charge is 0.432 e. The number of aliphatic hydroxyl groups excluding tert-OH is 1. The van der Waals surface area contributed by atoms with Gasteiger partial charge >= 0.3 is 19.7 Å². The lowest BCUT2D eigenvalue weighted by atomic mass is 10.1. The third-order valence-corrected chi connectivity index (χ3v) is 7.99. The molecule has 1 aromatic heterocycles. The van der Waals surface area contributed by atoms with Gasteiger partial charge in [-0.3, -0.25) is 23.5 Å². The number of rotatable bonds is 14. The Morgan fingerprint density at radius 1 is 0.889 bits per heavy atom. The molecule has 0 amide bonds. The summed E-state index contributed by atoms with van der Waals surface area (Å²) in [5.74, 6) is -1.55. The number of carbonyl (C=O) groups excluding carboxylic acids is 2. The second-order valence-electron chi connectivity index (χ2n) is 9.47. The highest BCUT2D eigenvalue weighted by Gasteiger charge is 2.50. The molecule has 4 atom stereocenters. The Kier molecular flexibility index (Phi) is 11.6. The number of hydrogen-bond acceptors (Lipinski definition) is 12. The first-order valence-corrected chi connectivity index (χ1v) is 15.2. The molecule has 2 heterocycles. The third-order valence-electron chi connectivity index (χ3n) is 6.41. The van der Waals surface area contributed by atoms with Crippen LogP contribution in [0.3, 0.4) is 0 Å². The van der Waals surface area contributed by atoms with Crippen LogP contribution < -0.4 is 10.6 Å². The van der Waals surface area contributed by atoms with Crippen LogP contribution in [0.25, 0.3) is 0 Å². The van der Waals surface area contributed by atoms with Crippen LogP contribution in [0, 0.1) is 22.7 Å². The zero-order valence-corrected chi connectivity index (χ0v) is 24.7.